The maximum Gasteiger partial charge on any atom is 0.318 e. The highest BCUT2D eigenvalue weighted by Crippen LogP contribution is 2.25. The van der Waals surface area contributed by atoms with Crippen LogP contribution in [0.5, 0.6) is 0 Å². The average molecular weight is 323 g/mol. The van der Waals surface area contributed by atoms with E-state index in [1.54, 1.807) is 7.05 Å². The van der Waals surface area contributed by atoms with Crippen molar-refractivity contribution in [3.05, 3.63) is 47.5 Å². The Labute approximate surface area is 132 Å². The number of benzene rings is 1. The van der Waals surface area contributed by atoms with E-state index in [0.29, 0.717) is 5.82 Å². The van der Waals surface area contributed by atoms with Gasteiger partial charge in [-0.05, 0) is 12.0 Å². The zero-order valence-corrected chi connectivity index (χ0v) is 13.2. The minimum absolute atomic E-state index is 0.0717. The van der Waals surface area contributed by atoms with Gasteiger partial charge in [-0.2, -0.15) is 5.10 Å². The van der Waals surface area contributed by atoms with Gasteiger partial charge in [0, 0.05) is 18.7 Å². The molecule has 6 nitrogen and oxygen atoms in total. The molecule has 1 unspecified atom stereocenters. The summed E-state index contributed by atoms with van der Waals surface area (Å²) in [6.07, 6.45) is 1.35. The molecule has 1 heterocycles. The molecule has 1 aromatic heterocycles. The summed E-state index contributed by atoms with van der Waals surface area (Å²) in [5.41, 5.74) is 0.253. The molecular formula is C15H19F2N5O. The van der Waals surface area contributed by atoms with Crippen molar-refractivity contribution in [1.29, 1.82) is 0 Å². The first-order chi connectivity index (χ1) is 10.9. The lowest BCUT2D eigenvalue weighted by Gasteiger charge is -2.26. The minimum atomic E-state index is -0.679. The fourth-order valence-electron chi connectivity index (χ4n) is 2.20. The van der Waals surface area contributed by atoms with Gasteiger partial charge in [-0.25, -0.2) is 18.6 Å². The Morgan fingerprint density at radius 1 is 1.39 bits per heavy atom. The van der Waals surface area contributed by atoms with Crippen LogP contribution < -0.4 is 5.32 Å². The Hall–Kier alpha value is -2.51. The van der Waals surface area contributed by atoms with Crippen LogP contribution in [0.2, 0.25) is 0 Å². The number of nitrogens with one attached hydrogen (secondary N) is 2. The van der Waals surface area contributed by atoms with Gasteiger partial charge in [0.15, 0.2) is 0 Å². The van der Waals surface area contributed by atoms with E-state index in [2.05, 4.69) is 20.5 Å². The number of carbonyl (C=O) groups is 1. The molecule has 0 radical (unpaired) electrons. The molecule has 0 spiro atoms. The van der Waals surface area contributed by atoms with Gasteiger partial charge >= 0.3 is 6.03 Å². The fourth-order valence-corrected chi connectivity index (χ4v) is 2.20. The zero-order valence-electron chi connectivity index (χ0n) is 13.2. The van der Waals surface area contributed by atoms with E-state index in [0.717, 1.165) is 6.07 Å². The molecule has 124 valence electrons. The quantitative estimate of drug-likeness (QED) is 0.888. The topological polar surface area (TPSA) is 73.9 Å². The lowest BCUT2D eigenvalue weighted by molar-refractivity contribution is 0.197. The first-order valence-corrected chi connectivity index (χ1v) is 7.19. The highest BCUT2D eigenvalue weighted by atomic mass is 19.1. The van der Waals surface area contributed by atoms with E-state index in [1.807, 2.05) is 13.8 Å². The van der Waals surface area contributed by atoms with Crippen LogP contribution in [0.1, 0.15) is 31.3 Å². The smallest absolute Gasteiger partial charge is 0.318 e. The molecule has 0 saturated heterocycles. The molecule has 2 aromatic rings. The van der Waals surface area contributed by atoms with Gasteiger partial charge in [0.1, 0.15) is 23.8 Å². The monoisotopic (exact) mass is 323 g/mol. The van der Waals surface area contributed by atoms with E-state index in [9.17, 15) is 13.6 Å². The number of aromatic amines is 1. The zero-order chi connectivity index (χ0) is 17.0. The third kappa shape index (κ3) is 4.24. The van der Waals surface area contributed by atoms with Gasteiger partial charge < -0.3 is 10.2 Å². The standard InChI is InChI=1S/C15H19F2N5O/c1-9(2)14(11-5-4-10(16)6-12(11)17)20-15(23)22(3)7-13-18-8-19-21-13/h4-6,8-9,14H,7H2,1-3H3,(H,20,23)(H,18,19,21). The number of hydrogen-bond donors (Lipinski definition) is 2. The molecule has 1 atom stereocenters. The molecule has 0 saturated carbocycles. The molecule has 8 heteroatoms. The van der Waals surface area contributed by atoms with E-state index < -0.39 is 17.7 Å². The summed E-state index contributed by atoms with van der Waals surface area (Å²) < 4.78 is 27.1. The number of nitrogens with zero attached hydrogens (tertiary/aromatic N) is 3. The predicted octanol–water partition coefficient (Wildman–Crippen LogP) is 2.62. The highest BCUT2D eigenvalue weighted by molar-refractivity contribution is 5.74. The third-order valence-corrected chi connectivity index (χ3v) is 3.44. The number of aromatic nitrogens is 3. The van der Waals surface area contributed by atoms with Crippen molar-refractivity contribution in [3.63, 3.8) is 0 Å². The normalized spacial score (nSPS) is 12.3. The van der Waals surface area contributed by atoms with Crippen LogP contribution in [0.15, 0.2) is 24.5 Å². The molecule has 0 fully saturated rings. The summed E-state index contributed by atoms with van der Waals surface area (Å²) in [6, 6.07) is 2.39. The number of halogens is 2. The molecule has 2 amide bonds. The van der Waals surface area contributed by atoms with Crippen molar-refractivity contribution in [1.82, 2.24) is 25.4 Å². The number of amides is 2. The van der Waals surface area contributed by atoms with Crippen LogP contribution in [-0.4, -0.2) is 33.2 Å². The number of urea groups is 1. The summed E-state index contributed by atoms with van der Waals surface area (Å²) in [6.45, 7) is 3.94. The Morgan fingerprint density at radius 2 is 2.13 bits per heavy atom. The van der Waals surface area contributed by atoms with Crippen LogP contribution in [-0.2, 0) is 6.54 Å². The van der Waals surface area contributed by atoms with Gasteiger partial charge in [-0.15, -0.1) is 0 Å². The highest BCUT2D eigenvalue weighted by Gasteiger charge is 2.23. The molecule has 0 aliphatic carbocycles. The first-order valence-electron chi connectivity index (χ1n) is 7.19. The SMILES string of the molecule is CC(C)C(NC(=O)N(C)Cc1ncn[nH]1)c1ccc(F)cc1F. The van der Waals surface area contributed by atoms with Gasteiger partial charge in [0.2, 0.25) is 0 Å². The largest absolute Gasteiger partial charge is 0.331 e. The Bertz CT molecular complexity index is 660. The third-order valence-electron chi connectivity index (χ3n) is 3.44. The second-order valence-electron chi connectivity index (χ2n) is 5.63. The second kappa shape index (κ2) is 7.17. The van der Waals surface area contributed by atoms with Crippen LogP contribution in [0.3, 0.4) is 0 Å². The van der Waals surface area contributed by atoms with Crippen molar-refractivity contribution in [2.24, 2.45) is 5.92 Å². The van der Waals surface area contributed by atoms with Gasteiger partial charge in [-0.1, -0.05) is 19.9 Å². The summed E-state index contributed by atoms with van der Waals surface area (Å²) in [5, 5.41) is 9.14. The van der Waals surface area contributed by atoms with Gasteiger partial charge in [0.25, 0.3) is 0 Å². The lowest BCUT2D eigenvalue weighted by Crippen LogP contribution is -2.41. The van der Waals surface area contributed by atoms with Gasteiger partial charge in [-0.3, -0.25) is 5.10 Å². The average Bonchev–Trinajstić information content (AvgIpc) is 2.97. The first kappa shape index (κ1) is 16.9. The summed E-state index contributed by atoms with van der Waals surface area (Å²) >= 11 is 0. The summed E-state index contributed by atoms with van der Waals surface area (Å²) in [7, 11) is 1.59. The van der Waals surface area contributed by atoms with Crippen molar-refractivity contribution in [2.75, 3.05) is 7.05 Å². The number of hydrogen-bond acceptors (Lipinski definition) is 3. The number of rotatable bonds is 5. The molecule has 23 heavy (non-hydrogen) atoms. The Kier molecular flexibility index (Phi) is 5.25. The van der Waals surface area contributed by atoms with Crippen molar-refractivity contribution >= 4 is 6.03 Å². The molecule has 0 aliphatic rings. The maximum atomic E-state index is 14.0. The predicted molar refractivity (Wildman–Crippen MR) is 80.3 cm³/mol. The van der Waals surface area contributed by atoms with Crippen molar-refractivity contribution in [2.45, 2.75) is 26.4 Å². The molecule has 1 aromatic carbocycles. The number of carbonyl (C=O) groups excluding carboxylic acids is 1. The van der Waals surface area contributed by atoms with E-state index >= 15 is 0 Å². The summed E-state index contributed by atoms with van der Waals surface area (Å²) in [5.74, 6) is -0.862. The molecular weight excluding hydrogens is 304 g/mol. The van der Waals surface area contributed by atoms with Crippen molar-refractivity contribution < 1.29 is 13.6 Å². The molecule has 2 rings (SSSR count). The molecule has 0 aliphatic heterocycles. The van der Waals surface area contributed by atoms with Crippen LogP contribution in [0, 0.1) is 17.6 Å². The van der Waals surface area contributed by atoms with E-state index in [1.165, 1.54) is 23.4 Å². The Balaban J connectivity index is 2.11. The van der Waals surface area contributed by atoms with E-state index in [-0.39, 0.29) is 24.1 Å². The fraction of sp³-hybridized carbons (Fsp3) is 0.400. The second-order valence-corrected chi connectivity index (χ2v) is 5.63. The van der Waals surface area contributed by atoms with Crippen LogP contribution >= 0.6 is 0 Å². The molecule has 0 bridgehead atoms. The number of H-pyrrole nitrogens is 1. The summed E-state index contributed by atoms with van der Waals surface area (Å²) in [4.78, 5) is 17.6. The van der Waals surface area contributed by atoms with E-state index in [4.69, 9.17) is 0 Å². The van der Waals surface area contributed by atoms with Gasteiger partial charge in [0.05, 0.1) is 12.6 Å². The van der Waals surface area contributed by atoms with Crippen LogP contribution in [0.4, 0.5) is 13.6 Å². The maximum absolute atomic E-state index is 14.0. The van der Waals surface area contributed by atoms with Crippen molar-refractivity contribution in [3.8, 4) is 0 Å². The Morgan fingerprint density at radius 3 is 2.70 bits per heavy atom. The molecule has 2 N–H and O–H groups in total. The lowest BCUT2D eigenvalue weighted by atomic mass is 9.95. The van der Waals surface area contributed by atoms with Crippen LogP contribution in [0.25, 0.3) is 0 Å². The minimum Gasteiger partial charge on any atom is -0.331 e.